The van der Waals surface area contributed by atoms with Gasteiger partial charge in [-0.05, 0) is 36.8 Å². The lowest BCUT2D eigenvalue weighted by Gasteiger charge is -2.20. The summed E-state index contributed by atoms with van der Waals surface area (Å²) in [4.78, 5) is 13.7. The number of amides is 2. The molecule has 0 bridgehead atoms. The predicted molar refractivity (Wildman–Crippen MR) is 79.5 cm³/mol. The van der Waals surface area contributed by atoms with Crippen LogP contribution in [0.1, 0.15) is 5.56 Å². The molecule has 0 spiro atoms. The van der Waals surface area contributed by atoms with Crippen LogP contribution in [-0.4, -0.2) is 13.1 Å². The van der Waals surface area contributed by atoms with Gasteiger partial charge in [-0.2, -0.15) is 0 Å². The van der Waals surface area contributed by atoms with Gasteiger partial charge in [0.15, 0.2) is 0 Å². The molecule has 19 heavy (non-hydrogen) atoms. The molecule has 0 atom stereocenters. The summed E-state index contributed by atoms with van der Waals surface area (Å²) in [6, 6.07) is 14.7. The molecule has 2 aromatic rings. The van der Waals surface area contributed by atoms with Crippen molar-refractivity contribution < 1.29 is 4.79 Å². The van der Waals surface area contributed by atoms with E-state index in [2.05, 4.69) is 5.32 Å². The Morgan fingerprint density at radius 3 is 2.58 bits per heavy atom. The second-order valence-electron chi connectivity index (χ2n) is 4.40. The summed E-state index contributed by atoms with van der Waals surface area (Å²) >= 11 is 0. The van der Waals surface area contributed by atoms with Gasteiger partial charge in [0, 0.05) is 24.1 Å². The molecule has 0 aromatic heterocycles. The Morgan fingerprint density at radius 1 is 1.16 bits per heavy atom. The lowest BCUT2D eigenvalue weighted by Crippen LogP contribution is -2.31. The molecule has 0 aliphatic rings. The van der Waals surface area contributed by atoms with Gasteiger partial charge >= 0.3 is 6.03 Å². The van der Waals surface area contributed by atoms with Crippen LogP contribution in [0.2, 0.25) is 0 Å². The maximum Gasteiger partial charge on any atom is 0.326 e. The van der Waals surface area contributed by atoms with E-state index in [1.54, 1.807) is 36.2 Å². The van der Waals surface area contributed by atoms with Crippen molar-refractivity contribution in [3.05, 3.63) is 54.1 Å². The molecule has 0 radical (unpaired) electrons. The van der Waals surface area contributed by atoms with Gasteiger partial charge in [-0.15, -0.1) is 0 Å². The van der Waals surface area contributed by atoms with Gasteiger partial charge in [0.2, 0.25) is 0 Å². The van der Waals surface area contributed by atoms with Crippen molar-refractivity contribution in [1.29, 1.82) is 0 Å². The number of para-hydroxylation sites is 1. The zero-order chi connectivity index (χ0) is 13.8. The minimum absolute atomic E-state index is 0.195. The van der Waals surface area contributed by atoms with Crippen LogP contribution in [-0.2, 0) is 0 Å². The Hall–Kier alpha value is -2.49. The topological polar surface area (TPSA) is 58.4 Å². The van der Waals surface area contributed by atoms with Crippen LogP contribution < -0.4 is 16.0 Å². The van der Waals surface area contributed by atoms with E-state index in [-0.39, 0.29) is 6.03 Å². The second-order valence-corrected chi connectivity index (χ2v) is 4.40. The van der Waals surface area contributed by atoms with Gasteiger partial charge in [-0.1, -0.05) is 24.3 Å². The van der Waals surface area contributed by atoms with Gasteiger partial charge in [0.25, 0.3) is 0 Å². The molecule has 0 saturated heterocycles. The fraction of sp³-hybridized carbons (Fsp3) is 0.133. The summed E-state index contributed by atoms with van der Waals surface area (Å²) in [5.41, 5.74) is 8.92. The number of hydrogen-bond acceptors (Lipinski definition) is 2. The monoisotopic (exact) mass is 255 g/mol. The molecule has 3 N–H and O–H groups in total. The average molecular weight is 255 g/mol. The van der Waals surface area contributed by atoms with E-state index in [1.165, 1.54) is 0 Å². The zero-order valence-corrected chi connectivity index (χ0v) is 11.1. The summed E-state index contributed by atoms with van der Waals surface area (Å²) in [5, 5.41) is 2.82. The van der Waals surface area contributed by atoms with Crippen LogP contribution >= 0.6 is 0 Å². The number of benzene rings is 2. The molecule has 98 valence electrons. The van der Waals surface area contributed by atoms with Crippen molar-refractivity contribution in [2.75, 3.05) is 23.0 Å². The Morgan fingerprint density at radius 2 is 1.89 bits per heavy atom. The van der Waals surface area contributed by atoms with Crippen LogP contribution in [0.4, 0.5) is 21.9 Å². The first-order valence-corrected chi connectivity index (χ1v) is 6.04. The summed E-state index contributed by atoms with van der Waals surface area (Å²) in [6.45, 7) is 1.97. The molecular weight excluding hydrogens is 238 g/mol. The standard InChI is InChI=1S/C15H17N3O/c1-11-6-3-4-9-14(11)18(2)15(19)17-13-8-5-7-12(16)10-13/h3-10H,16H2,1-2H3,(H,17,19). The summed E-state index contributed by atoms with van der Waals surface area (Å²) in [5.74, 6) is 0. The lowest BCUT2D eigenvalue weighted by molar-refractivity contribution is 0.258. The molecule has 2 rings (SSSR count). The Bertz CT molecular complexity index is 595. The third kappa shape index (κ3) is 3.04. The van der Waals surface area contributed by atoms with Gasteiger partial charge in [0.05, 0.1) is 0 Å². The Balaban J connectivity index is 2.14. The molecule has 0 aliphatic heterocycles. The SMILES string of the molecule is Cc1ccccc1N(C)C(=O)Nc1cccc(N)c1. The molecule has 0 fully saturated rings. The first kappa shape index (κ1) is 13.0. The Kier molecular flexibility index (Phi) is 3.71. The van der Waals surface area contributed by atoms with E-state index < -0.39 is 0 Å². The van der Waals surface area contributed by atoms with Crippen LogP contribution in [0, 0.1) is 6.92 Å². The van der Waals surface area contributed by atoms with Crippen LogP contribution in [0.25, 0.3) is 0 Å². The highest BCUT2D eigenvalue weighted by molar-refractivity contribution is 6.01. The predicted octanol–water partition coefficient (Wildman–Crippen LogP) is 3.25. The molecule has 4 heteroatoms. The lowest BCUT2D eigenvalue weighted by atomic mass is 10.2. The zero-order valence-electron chi connectivity index (χ0n) is 11.1. The van der Waals surface area contributed by atoms with Gasteiger partial charge in [0.1, 0.15) is 0 Å². The van der Waals surface area contributed by atoms with Crippen molar-refractivity contribution in [3.63, 3.8) is 0 Å². The summed E-state index contributed by atoms with van der Waals surface area (Å²) in [7, 11) is 1.74. The first-order chi connectivity index (χ1) is 9.08. The van der Waals surface area contributed by atoms with Gasteiger partial charge in [-0.3, -0.25) is 4.90 Å². The quantitative estimate of drug-likeness (QED) is 0.809. The summed E-state index contributed by atoms with van der Waals surface area (Å²) < 4.78 is 0. The maximum absolute atomic E-state index is 12.2. The first-order valence-electron chi connectivity index (χ1n) is 6.04. The van der Waals surface area contributed by atoms with Crippen molar-refractivity contribution in [3.8, 4) is 0 Å². The van der Waals surface area contributed by atoms with E-state index in [0.29, 0.717) is 11.4 Å². The number of rotatable bonds is 2. The number of carbonyl (C=O) groups is 1. The highest BCUT2D eigenvalue weighted by Crippen LogP contribution is 2.19. The number of carbonyl (C=O) groups excluding carboxylic acids is 1. The molecule has 0 aliphatic carbocycles. The molecule has 0 unspecified atom stereocenters. The fourth-order valence-electron chi connectivity index (χ4n) is 1.87. The number of nitrogens with two attached hydrogens (primary N) is 1. The average Bonchev–Trinajstić information content (AvgIpc) is 2.38. The van der Waals surface area contributed by atoms with Crippen molar-refractivity contribution in [2.45, 2.75) is 6.92 Å². The van der Waals surface area contributed by atoms with E-state index in [9.17, 15) is 4.79 Å². The molecule has 4 nitrogen and oxygen atoms in total. The largest absolute Gasteiger partial charge is 0.399 e. The van der Waals surface area contributed by atoms with E-state index in [1.807, 2.05) is 31.2 Å². The smallest absolute Gasteiger partial charge is 0.326 e. The normalized spacial score (nSPS) is 10.0. The molecular formula is C15H17N3O. The second kappa shape index (κ2) is 5.44. The van der Waals surface area contributed by atoms with Gasteiger partial charge in [-0.25, -0.2) is 4.79 Å². The fourth-order valence-corrected chi connectivity index (χ4v) is 1.87. The van der Waals surface area contributed by atoms with Crippen molar-refractivity contribution in [1.82, 2.24) is 0 Å². The molecule has 0 heterocycles. The number of anilines is 3. The van der Waals surface area contributed by atoms with E-state index >= 15 is 0 Å². The number of nitrogens with one attached hydrogen (secondary N) is 1. The number of urea groups is 1. The van der Waals surface area contributed by atoms with Crippen molar-refractivity contribution >= 4 is 23.1 Å². The maximum atomic E-state index is 12.2. The third-order valence-electron chi connectivity index (χ3n) is 2.92. The van der Waals surface area contributed by atoms with E-state index in [0.717, 1.165) is 11.3 Å². The number of aryl methyl sites for hydroxylation is 1. The van der Waals surface area contributed by atoms with E-state index in [4.69, 9.17) is 5.73 Å². The molecule has 2 amide bonds. The number of nitrogen functional groups attached to an aromatic ring is 1. The van der Waals surface area contributed by atoms with Crippen LogP contribution in [0.5, 0.6) is 0 Å². The highest BCUT2D eigenvalue weighted by Gasteiger charge is 2.12. The van der Waals surface area contributed by atoms with Crippen LogP contribution in [0.15, 0.2) is 48.5 Å². The summed E-state index contributed by atoms with van der Waals surface area (Å²) in [6.07, 6.45) is 0. The minimum Gasteiger partial charge on any atom is -0.399 e. The van der Waals surface area contributed by atoms with Gasteiger partial charge < -0.3 is 11.1 Å². The van der Waals surface area contributed by atoms with Crippen molar-refractivity contribution in [2.24, 2.45) is 0 Å². The molecule has 0 saturated carbocycles. The number of nitrogens with zero attached hydrogens (tertiary/aromatic N) is 1. The molecule has 2 aromatic carbocycles. The number of hydrogen-bond donors (Lipinski definition) is 2. The minimum atomic E-state index is -0.195. The van der Waals surface area contributed by atoms with Crippen LogP contribution in [0.3, 0.4) is 0 Å². The third-order valence-corrected chi connectivity index (χ3v) is 2.92. The highest BCUT2D eigenvalue weighted by atomic mass is 16.2. The Labute approximate surface area is 112 Å².